The van der Waals surface area contributed by atoms with E-state index in [0.29, 0.717) is 23.7 Å². The van der Waals surface area contributed by atoms with Crippen molar-refractivity contribution in [3.63, 3.8) is 0 Å². The van der Waals surface area contributed by atoms with E-state index in [2.05, 4.69) is 69.2 Å². The van der Waals surface area contributed by atoms with E-state index in [1.54, 1.807) is 0 Å². The third kappa shape index (κ3) is 8.89. The minimum atomic E-state index is -0.278. The normalized spacial score (nSPS) is 33.0. The van der Waals surface area contributed by atoms with E-state index in [1.807, 2.05) is 0 Å². The van der Waals surface area contributed by atoms with Crippen molar-refractivity contribution in [1.82, 2.24) is 5.06 Å². The van der Waals surface area contributed by atoms with Gasteiger partial charge in [0.15, 0.2) is 0 Å². The van der Waals surface area contributed by atoms with Crippen molar-refractivity contribution in [1.29, 1.82) is 0 Å². The quantitative estimate of drug-likeness (QED) is 0.262. The maximum atomic E-state index is 10.6. The van der Waals surface area contributed by atoms with E-state index in [-0.39, 0.29) is 29.4 Å². The van der Waals surface area contributed by atoms with E-state index in [1.165, 1.54) is 56.4 Å². The summed E-state index contributed by atoms with van der Waals surface area (Å²) in [5.74, 6) is 1.63. The van der Waals surface area contributed by atoms with Crippen molar-refractivity contribution in [2.75, 3.05) is 0 Å². The summed E-state index contributed by atoms with van der Waals surface area (Å²) in [4.78, 5) is 0. The number of hydrogen-bond donors (Lipinski definition) is 1. The number of hydroxylamine groups is 2. The highest BCUT2D eigenvalue weighted by atomic mass is 16.5. The van der Waals surface area contributed by atoms with Gasteiger partial charge in [0.05, 0.1) is 36.6 Å². The van der Waals surface area contributed by atoms with Crippen molar-refractivity contribution in [3.05, 3.63) is 0 Å². The average molecular weight is 552 g/mol. The lowest BCUT2D eigenvalue weighted by molar-refractivity contribution is -0.265. The molecule has 2 aliphatic carbocycles. The summed E-state index contributed by atoms with van der Waals surface area (Å²) in [7, 11) is 0. The molecule has 3 aliphatic rings. The zero-order valence-corrected chi connectivity index (χ0v) is 27.4. The molecule has 0 aromatic heterocycles. The summed E-state index contributed by atoms with van der Waals surface area (Å²) in [6.07, 6.45) is 16.7. The summed E-state index contributed by atoms with van der Waals surface area (Å²) >= 11 is 0. The Kier molecular flexibility index (Phi) is 11.8. The van der Waals surface area contributed by atoms with Crippen molar-refractivity contribution < 1.29 is 19.4 Å². The molecule has 2 saturated carbocycles. The molecule has 1 heterocycles. The van der Waals surface area contributed by atoms with Crippen LogP contribution in [0.2, 0.25) is 0 Å². The molecular weight excluding hydrogens is 486 g/mol. The number of piperidine rings is 1. The third-order valence-electron chi connectivity index (χ3n) is 10.9. The zero-order valence-electron chi connectivity index (χ0n) is 27.4. The molecule has 3 rings (SSSR count). The second kappa shape index (κ2) is 13.8. The first-order valence-electron chi connectivity index (χ1n) is 16.6. The van der Waals surface area contributed by atoms with Gasteiger partial charge in [-0.3, -0.25) is 0 Å². The van der Waals surface area contributed by atoms with Crippen molar-refractivity contribution in [2.24, 2.45) is 17.3 Å². The molecule has 0 aromatic carbocycles. The predicted octanol–water partition coefficient (Wildman–Crippen LogP) is 8.95. The maximum absolute atomic E-state index is 10.6. The molecule has 1 saturated heterocycles. The van der Waals surface area contributed by atoms with Crippen molar-refractivity contribution in [2.45, 2.75) is 200 Å². The van der Waals surface area contributed by atoms with Gasteiger partial charge in [0.1, 0.15) is 0 Å². The van der Waals surface area contributed by atoms with E-state index in [0.717, 1.165) is 43.9 Å². The first-order chi connectivity index (χ1) is 18.2. The minimum Gasteiger partial charge on any atom is -0.375 e. The molecule has 0 radical (unpaired) electrons. The molecule has 1 aliphatic heterocycles. The van der Waals surface area contributed by atoms with E-state index >= 15 is 0 Å². The molecule has 3 unspecified atom stereocenters. The molecule has 3 atom stereocenters. The Balaban J connectivity index is 1.42. The van der Waals surface area contributed by atoms with Crippen LogP contribution in [0.3, 0.4) is 0 Å². The van der Waals surface area contributed by atoms with Crippen LogP contribution in [-0.4, -0.2) is 58.0 Å². The Morgan fingerprint density at radius 2 is 1.13 bits per heavy atom. The van der Waals surface area contributed by atoms with E-state index in [4.69, 9.17) is 14.2 Å². The topological polar surface area (TPSA) is 51.2 Å². The van der Waals surface area contributed by atoms with Gasteiger partial charge in [0, 0.05) is 11.1 Å². The van der Waals surface area contributed by atoms with Gasteiger partial charge < -0.3 is 19.4 Å². The highest BCUT2D eigenvalue weighted by molar-refractivity contribution is 4.97. The Morgan fingerprint density at radius 3 is 1.54 bits per heavy atom. The van der Waals surface area contributed by atoms with Crippen LogP contribution in [0.25, 0.3) is 0 Å². The Labute approximate surface area is 242 Å². The zero-order chi connectivity index (χ0) is 29.0. The molecule has 39 heavy (non-hydrogen) atoms. The highest BCUT2D eigenvalue weighted by Crippen LogP contribution is 2.49. The Morgan fingerprint density at radius 1 is 0.692 bits per heavy atom. The first kappa shape index (κ1) is 33.3. The van der Waals surface area contributed by atoms with Gasteiger partial charge in [-0.2, -0.15) is 5.06 Å². The number of rotatable bonds is 12. The summed E-state index contributed by atoms with van der Waals surface area (Å²) in [6.45, 7) is 22.5. The molecule has 0 bridgehead atoms. The lowest BCUT2D eigenvalue weighted by atomic mass is 9.60. The molecule has 5 heteroatoms. The second-order valence-corrected chi connectivity index (χ2v) is 15.4. The fourth-order valence-electron chi connectivity index (χ4n) is 8.26. The van der Waals surface area contributed by atoms with E-state index < -0.39 is 0 Å². The van der Waals surface area contributed by atoms with Crippen LogP contribution in [0.15, 0.2) is 0 Å². The third-order valence-corrected chi connectivity index (χ3v) is 10.9. The number of nitrogens with zero attached hydrogens (tertiary/aromatic N) is 1. The summed E-state index contributed by atoms with van der Waals surface area (Å²) in [5, 5.41) is 12.2. The van der Waals surface area contributed by atoms with Gasteiger partial charge in [-0.1, -0.05) is 27.7 Å². The largest absolute Gasteiger partial charge is 0.375 e. The smallest absolute Gasteiger partial charge is 0.0615 e. The fraction of sp³-hybridized carbons (Fsp3) is 1.00. The lowest BCUT2D eigenvalue weighted by Gasteiger charge is -2.51. The predicted molar refractivity (Wildman–Crippen MR) is 161 cm³/mol. The van der Waals surface area contributed by atoms with Crippen LogP contribution in [0.5, 0.6) is 0 Å². The van der Waals surface area contributed by atoms with Gasteiger partial charge in [0.25, 0.3) is 0 Å². The van der Waals surface area contributed by atoms with Gasteiger partial charge in [-0.25, -0.2) is 0 Å². The Hall–Kier alpha value is -0.200. The molecule has 0 amide bonds. The average Bonchev–Trinajstić information content (AvgIpc) is 2.87. The standard InChI is InChI=1S/C34H65NO4/c1-11-24(3)37-29-17-13-26(14-18-29)34(9,10)27-15-19-30(20-16-27)38-25(4)21-28(12-2)39-31-22-32(5,6)35(36)33(7,8)23-31/h24-31,36H,11-23H2,1-10H3. The first-order valence-corrected chi connectivity index (χ1v) is 16.6. The fourth-order valence-corrected chi connectivity index (χ4v) is 8.26. The van der Waals surface area contributed by atoms with Crippen molar-refractivity contribution in [3.8, 4) is 0 Å². The minimum absolute atomic E-state index is 0.171. The Bertz CT molecular complexity index is 703. The van der Waals surface area contributed by atoms with E-state index in [9.17, 15) is 5.21 Å². The summed E-state index contributed by atoms with van der Waals surface area (Å²) in [6, 6.07) is 0. The lowest BCUT2D eigenvalue weighted by Crippen LogP contribution is -2.60. The second-order valence-electron chi connectivity index (χ2n) is 15.4. The molecule has 0 spiro atoms. The summed E-state index contributed by atoms with van der Waals surface area (Å²) < 4.78 is 19.6. The van der Waals surface area contributed by atoms with Crippen LogP contribution >= 0.6 is 0 Å². The number of hydrogen-bond acceptors (Lipinski definition) is 5. The van der Waals surface area contributed by atoms with Crippen LogP contribution in [0.1, 0.15) is 153 Å². The van der Waals surface area contributed by atoms with Gasteiger partial charge in [-0.05, 0) is 142 Å². The van der Waals surface area contributed by atoms with Crippen LogP contribution in [0.4, 0.5) is 0 Å². The highest BCUT2D eigenvalue weighted by Gasteiger charge is 2.46. The van der Waals surface area contributed by atoms with Gasteiger partial charge >= 0.3 is 0 Å². The van der Waals surface area contributed by atoms with Gasteiger partial charge in [0.2, 0.25) is 0 Å². The van der Waals surface area contributed by atoms with Crippen LogP contribution < -0.4 is 0 Å². The monoisotopic (exact) mass is 551 g/mol. The molecule has 1 N–H and O–H groups in total. The van der Waals surface area contributed by atoms with Crippen molar-refractivity contribution >= 4 is 0 Å². The van der Waals surface area contributed by atoms with Crippen LogP contribution in [-0.2, 0) is 14.2 Å². The molecule has 3 fully saturated rings. The molecule has 230 valence electrons. The van der Waals surface area contributed by atoms with Gasteiger partial charge in [-0.15, -0.1) is 0 Å². The molecule has 0 aromatic rings. The molecular formula is C34H65NO4. The molecule has 5 nitrogen and oxygen atoms in total. The number of ether oxygens (including phenoxy) is 3. The summed E-state index contributed by atoms with van der Waals surface area (Å²) in [5.41, 5.74) is -0.148. The maximum Gasteiger partial charge on any atom is 0.0615 e. The van der Waals surface area contributed by atoms with Crippen LogP contribution in [0, 0.1) is 17.3 Å². The SMILES string of the molecule is CCC(C)OC1CCC(C(C)(C)C2CCC(OC(C)CC(CC)OC3CC(C)(C)N(O)C(C)(C)C3)CC2)CC1.